The van der Waals surface area contributed by atoms with Crippen LogP contribution in [0.3, 0.4) is 0 Å². The molecule has 1 aromatic heterocycles. The molecule has 21 heavy (non-hydrogen) atoms. The summed E-state index contributed by atoms with van der Waals surface area (Å²) in [6.45, 7) is 4.56. The van der Waals surface area contributed by atoms with Crippen LogP contribution in [0.1, 0.15) is 29.1 Å². The van der Waals surface area contributed by atoms with Gasteiger partial charge in [0.1, 0.15) is 0 Å². The number of hydrogen-bond acceptors (Lipinski definition) is 5. The summed E-state index contributed by atoms with van der Waals surface area (Å²) in [6.07, 6.45) is 0. The molecule has 0 aliphatic carbocycles. The number of rotatable bonds is 6. The van der Waals surface area contributed by atoms with Crippen molar-refractivity contribution < 1.29 is 9.53 Å². The van der Waals surface area contributed by atoms with E-state index in [1.807, 2.05) is 44.2 Å². The van der Waals surface area contributed by atoms with Crippen molar-refractivity contribution in [1.29, 1.82) is 0 Å². The summed E-state index contributed by atoms with van der Waals surface area (Å²) >= 11 is 1.41. The Morgan fingerprint density at radius 1 is 1.33 bits per heavy atom. The Morgan fingerprint density at radius 3 is 2.62 bits per heavy atom. The van der Waals surface area contributed by atoms with Gasteiger partial charge in [0, 0.05) is 28.2 Å². The maximum absolute atomic E-state index is 11.8. The van der Waals surface area contributed by atoms with Gasteiger partial charge < -0.3 is 15.4 Å². The molecule has 0 radical (unpaired) electrons. The van der Waals surface area contributed by atoms with E-state index in [-0.39, 0.29) is 11.9 Å². The van der Waals surface area contributed by atoms with Crippen LogP contribution in [0.25, 0.3) is 0 Å². The van der Waals surface area contributed by atoms with E-state index in [1.54, 1.807) is 7.11 Å². The van der Waals surface area contributed by atoms with Gasteiger partial charge in [0.25, 0.3) is 5.91 Å². The number of nitrogens with one attached hydrogen (secondary N) is 2. The van der Waals surface area contributed by atoms with Gasteiger partial charge in [-0.1, -0.05) is 0 Å². The lowest BCUT2D eigenvalue weighted by atomic mass is 10.2. The van der Waals surface area contributed by atoms with E-state index in [1.165, 1.54) is 11.5 Å². The van der Waals surface area contributed by atoms with Gasteiger partial charge in [-0.05, 0) is 49.6 Å². The van der Waals surface area contributed by atoms with E-state index in [2.05, 4.69) is 15.0 Å². The third-order valence-electron chi connectivity index (χ3n) is 2.78. The third kappa shape index (κ3) is 4.46. The summed E-state index contributed by atoms with van der Waals surface area (Å²) in [5.74, 6) is 0.584. The SMILES string of the molecule is COc1cc(CNc2ccc(C(=O)NC(C)C)cc2)sn1. The van der Waals surface area contributed by atoms with Crippen molar-refractivity contribution in [2.24, 2.45) is 0 Å². The first-order chi connectivity index (χ1) is 10.1. The van der Waals surface area contributed by atoms with E-state index < -0.39 is 0 Å². The molecule has 112 valence electrons. The molecule has 6 heteroatoms. The van der Waals surface area contributed by atoms with Gasteiger partial charge in [0.05, 0.1) is 13.7 Å². The molecule has 5 nitrogen and oxygen atoms in total. The van der Waals surface area contributed by atoms with Crippen molar-refractivity contribution in [3.63, 3.8) is 0 Å². The van der Waals surface area contributed by atoms with Gasteiger partial charge >= 0.3 is 0 Å². The summed E-state index contributed by atoms with van der Waals surface area (Å²) in [4.78, 5) is 12.9. The van der Waals surface area contributed by atoms with Crippen LogP contribution in [-0.2, 0) is 6.54 Å². The molecule has 2 rings (SSSR count). The predicted octanol–water partition coefficient (Wildman–Crippen LogP) is 2.90. The minimum atomic E-state index is -0.0521. The Hall–Kier alpha value is -2.08. The number of methoxy groups -OCH3 is 1. The number of aromatic nitrogens is 1. The zero-order chi connectivity index (χ0) is 15.2. The molecule has 1 amide bonds. The number of carbonyl (C=O) groups excluding carboxylic acids is 1. The number of amides is 1. The van der Waals surface area contributed by atoms with Crippen LogP contribution in [-0.4, -0.2) is 23.4 Å². The number of carbonyl (C=O) groups is 1. The van der Waals surface area contributed by atoms with E-state index in [0.717, 1.165) is 10.6 Å². The van der Waals surface area contributed by atoms with Crippen molar-refractivity contribution in [2.45, 2.75) is 26.4 Å². The minimum absolute atomic E-state index is 0.0521. The minimum Gasteiger partial charge on any atom is -0.480 e. The van der Waals surface area contributed by atoms with E-state index in [4.69, 9.17) is 4.74 Å². The van der Waals surface area contributed by atoms with Crippen molar-refractivity contribution in [2.75, 3.05) is 12.4 Å². The van der Waals surface area contributed by atoms with Crippen LogP contribution in [0.4, 0.5) is 5.69 Å². The standard InChI is InChI=1S/C15H19N3O2S/c1-10(2)17-15(19)11-4-6-12(7-5-11)16-9-13-8-14(20-3)18-21-13/h4-8,10,16H,9H2,1-3H3,(H,17,19). The van der Waals surface area contributed by atoms with Crippen LogP contribution in [0.15, 0.2) is 30.3 Å². The Kier molecular flexibility index (Phi) is 5.16. The second-order valence-corrected chi connectivity index (χ2v) is 5.78. The molecule has 1 heterocycles. The Morgan fingerprint density at radius 2 is 2.05 bits per heavy atom. The van der Waals surface area contributed by atoms with Crippen molar-refractivity contribution >= 4 is 23.1 Å². The smallest absolute Gasteiger partial charge is 0.251 e. The summed E-state index contributed by atoms with van der Waals surface area (Å²) in [7, 11) is 1.60. The first-order valence-corrected chi connectivity index (χ1v) is 7.50. The number of benzene rings is 1. The highest BCUT2D eigenvalue weighted by atomic mass is 32.1. The van der Waals surface area contributed by atoms with Gasteiger partial charge in [-0.25, -0.2) is 0 Å². The monoisotopic (exact) mass is 305 g/mol. The van der Waals surface area contributed by atoms with Crippen molar-refractivity contribution in [3.05, 3.63) is 40.8 Å². The Bertz CT molecular complexity index is 593. The second kappa shape index (κ2) is 7.08. The summed E-state index contributed by atoms with van der Waals surface area (Å²) < 4.78 is 9.19. The normalized spacial score (nSPS) is 10.5. The fourth-order valence-electron chi connectivity index (χ4n) is 1.75. The molecule has 0 saturated heterocycles. The van der Waals surface area contributed by atoms with E-state index in [0.29, 0.717) is 18.0 Å². The molecular weight excluding hydrogens is 286 g/mol. The zero-order valence-corrected chi connectivity index (χ0v) is 13.2. The average Bonchev–Trinajstić information content (AvgIpc) is 2.93. The molecule has 0 saturated carbocycles. The Labute approximate surface area is 128 Å². The van der Waals surface area contributed by atoms with E-state index >= 15 is 0 Å². The lowest BCUT2D eigenvalue weighted by Gasteiger charge is -2.09. The van der Waals surface area contributed by atoms with Crippen LogP contribution >= 0.6 is 11.5 Å². The summed E-state index contributed by atoms with van der Waals surface area (Å²) in [6, 6.07) is 9.46. The third-order valence-corrected chi connectivity index (χ3v) is 3.55. The zero-order valence-electron chi connectivity index (χ0n) is 12.3. The molecule has 0 bridgehead atoms. The van der Waals surface area contributed by atoms with Crippen molar-refractivity contribution in [1.82, 2.24) is 9.69 Å². The Balaban J connectivity index is 1.91. The van der Waals surface area contributed by atoms with Gasteiger partial charge in [-0.2, -0.15) is 4.37 Å². The second-order valence-electron chi connectivity index (χ2n) is 4.89. The topological polar surface area (TPSA) is 63.2 Å². The molecule has 0 atom stereocenters. The fourth-order valence-corrected chi connectivity index (χ4v) is 2.37. The van der Waals surface area contributed by atoms with Gasteiger partial charge in [-0.15, -0.1) is 0 Å². The molecule has 0 fully saturated rings. The highest BCUT2D eigenvalue weighted by molar-refractivity contribution is 7.05. The van der Waals surface area contributed by atoms with Crippen LogP contribution in [0.2, 0.25) is 0 Å². The lowest BCUT2D eigenvalue weighted by Crippen LogP contribution is -2.29. The summed E-state index contributed by atoms with van der Waals surface area (Å²) in [5.41, 5.74) is 1.62. The molecule has 0 aliphatic rings. The molecule has 0 aliphatic heterocycles. The fraction of sp³-hybridized carbons (Fsp3) is 0.333. The van der Waals surface area contributed by atoms with Crippen LogP contribution < -0.4 is 15.4 Å². The van der Waals surface area contributed by atoms with Gasteiger partial charge in [0.2, 0.25) is 5.88 Å². The highest BCUT2D eigenvalue weighted by Gasteiger charge is 2.06. The summed E-state index contributed by atoms with van der Waals surface area (Å²) in [5, 5.41) is 6.15. The number of nitrogens with zero attached hydrogens (tertiary/aromatic N) is 1. The molecule has 0 unspecified atom stereocenters. The predicted molar refractivity (Wildman–Crippen MR) is 85.0 cm³/mol. The van der Waals surface area contributed by atoms with E-state index in [9.17, 15) is 4.79 Å². The number of hydrogen-bond donors (Lipinski definition) is 2. The van der Waals surface area contributed by atoms with Crippen molar-refractivity contribution in [3.8, 4) is 5.88 Å². The van der Waals surface area contributed by atoms with Gasteiger partial charge in [-0.3, -0.25) is 4.79 Å². The molecule has 2 aromatic rings. The maximum atomic E-state index is 11.8. The quantitative estimate of drug-likeness (QED) is 0.861. The first-order valence-electron chi connectivity index (χ1n) is 6.73. The lowest BCUT2D eigenvalue weighted by molar-refractivity contribution is 0.0943. The molecule has 2 N–H and O–H groups in total. The maximum Gasteiger partial charge on any atom is 0.251 e. The van der Waals surface area contributed by atoms with Crippen LogP contribution in [0.5, 0.6) is 5.88 Å². The van der Waals surface area contributed by atoms with Gasteiger partial charge in [0.15, 0.2) is 0 Å². The molecular formula is C15H19N3O2S. The highest BCUT2D eigenvalue weighted by Crippen LogP contribution is 2.18. The number of anilines is 1. The largest absolute Gasteiger partial charge is 0.480 e. The average molecular weight is 305 g/mol. The molecule has 0 spiro atoms. The molecule has 1 aromatic carbocycles. The first kappa shape index (κ1) is 15.3. The van der Waals surface area contributed by atoms with Crippen LogP contribution in [0, 0.1) is 0 Å². The number of ether oxygens (including phenoxy) is 1.